The van der Waals surface area contributed by atoms with Gasteiger partial charge in [0, 0.05) is 0 Å². The van der Waals surface area contributed by atoms with E-state index in [1.54, 1.807) is 12.1 Å². The molecule has 0 aliphatic rings. The van der Waals surface area contributed by atoms with Crippen LogP contribution >= 0.6 is 34.2 Å². The Morgan fingerprint density at radius 3 is 2.69 bits per heavy atom. The van der Waals surface area contributed by atoms with Crippen molar-refractivity contribution in [1.82, 2.24) is 0 Å². The van der Waals surface area contributed by atoms with Crippen LogP contribution in [0.5, 0.6) is 5.75 Å². The maximum atomic E-state index is 11.4. The van der Waals surface area contributed by atoms with E-state index in [4.69, 9.17) is 16.3 Å². The third-order valence-corrected chi connectivity index (χ3v) is 2.93. The number of methoxy groups -OCH3 is 1. The minimum atomic E-state index is -0.343. The molecule has 0 saturated heterocycles. The molecule has 0 amide bonds. The van der Waals surface area contributed by atoms with Gasteiger partial charge >= 0.3 is 5.97 Å². The Hall–Kier alpha value is -0.490. The molecule has 0 aromatic heterocycles. The second-order valence-corrected chi connectivity index (χ2v) is 4.67. The average Bonchev–Trinajstić information content (AvgIpc) is 2.26. The van der Waals surface area contributed by atoms with Gasteiger partial charge in [-0.05, 0) is 47.2 Å². The number of aryl methyl sites for hydroxylation is 1. The lowest BCUT2D eigenvalue weighted by atomic mass is 10.1. The van der Waals surface area contributed by atoms with Gasteiger partial charge in [-0.3, -0.25) is 0 Å². The number of hydrogen-bond donors (Lipinski definition) is 0. The average molecular weight is 355 g/mol. The third-order valence-electron chi connectivity index (χ3n) is 1.97. The summed E-state index contributed by atoms with van der Waals surface area (Å²) >= 11 is 7.68. The summed E-state index contributed by atoms with van der Waals surface area (Å²) < 4.78 is 11.0. The zero-order valence-corrected chi connectivity index (χ0v) is 12.0. The van der Waals surface area contributed by atoms with Crippen LogP contribution in [0.4, 0.5) is 0 Å². The molecular formula is C11H12ClIO3. The topological polar surface area (TPSA) is 35.5 Å². The Morgan fingerprint density at radius 2 is 2.19 bits per heavy atom. The molecule has 0 unspecified atom stereocenters. The largest absolute Gasteiger partial charge is 0.491 e. The Bertz CT molecular complexity index is 370. The highest BCUT2D eigenvalue weighted by molar-refractivity contribution is 14.1. The maximum Gasteiger partial charge on any atom is 0.337 e. The van der Waals surface area contributed by atoms with Crippen molar-refractivity contribution >= 4 is 40.2 Å². The van der Waals surface area contributed by atoms with Crippen LogP contribution in [0.15, 0.2) is 12.1 Å². The molecule has 0 aliphatic carbocycles. The molecule has 1 aromatic rings. The van der Waals surface area contributed by atoms with Crippen molar-refractivity contribution in [1.29, 1.82) is 0 Å². The van der Waals surface area contributed by atoms with Crippen molar-refractivity contribution in [2.45, 2.75) is 6.92 Å². The van der Waals surface area contributed by atoms with Crippen LogP contribution < -0.4 is 4.74 Å². The van der Waals surface area contributed by atoms with E-state index in [-0.39, 0.29) is 5.97 Å². The number of hydrogen-bond acceptors (Lipinski definition) is 3. The first-order chi connectivity index (χ1) is 7.60. The number of carbonyl (C=O) groups excluding carboxylic acids is 1. The van der Waals surface area contributed by atoms with Gasteiger partial charge in [-0.15, -0.1) is 11.6 Å². The zero-order chi connectivity index (χ0) is 12.1. The molecule has 3 nitrogen and oxygen atoms in total. The number of rotatable bonds is 4. The molecule has 5 heteroatoms. The van der Waals surface area contributed by atoms with Gasteiger partial charge in [0.2, 0.25) is 0 Å². The van der Waals surface area contributed by atoms with Crippen molar-refractivity contribution in [2.24, 2.45) is 0 Å². The van der Waals surface area contributed by atoms with Gasteiger partial charge in [0.15, 0.2) is 0 Å². The summed E-state index contributed by atoms with van der Waals surface area (Å²) in [6, 6.07) is 3.49. The molecule has 1 rings (SSSR count). The molecule has 0 atom stereocenters. The van der Waals surface area contributed by atoms with Crippen molar-refractivity contribution in [3.05, 3.63) is 26.8 Å². The lowest BCUT2D eigenvalue weighted by molar-refractivity contribution is 0.0600. The van der Waals surface area contributed by atoms with Crippen LogP contribution in [0.1, 0.15) is 15.9 Å². The van der Waals surface area contributed by atoms with Crippen LogP contribution in [0, 0.1) is 10.5 Å². The number of alkyl halides is 1. The smallest absolute Gasteiger partial charge is 0.337 e. The Labute approximate surface area is 113 Å². The molecule has 16 heavy (non-hydrogen) atoms. The van der Waals surface area contributed by atoms with Crippen LogP contribution in [0.25, 0.3) is 0 Å². The van der Waals surface area contributed by atoms with Crippen LogP contribution in [0.2, 0.25) is 0 Å². The first-order valence-corrected chi connectivity index (χ1v) is 6.28. The number of benzene rings is 1. The predicted molar refractivity (Wildman–Crippen MR) is 71.5 cm³/mol. The monoisotopic (exact) mass is 354 g/mol. The SMILES string of the molecule is COC(=O)c1cc(C)c(OCCCl)c(I)c1. The summed E-state index contributed by atoms with van der Waals surface area (Å²) in [4.78, 5) is 11.4. The minimum Gasteiger partial charge on any atom is -0.491 e. The van der Waals surface area contributed by atoms with Crippen molar-refractivity contribution < 1.29 is 14.3 Å². The lowest BCUT2D eigenvalue weighted by Crippen LogP contribution is -2.06. The number of ether oxygens (including phenoxy) is 2. The molecule has 0 bridgehead atoms. The minimum absolute atomic E-state index is 0.343. The number of esters is 1. The van der Waals surface area contributed by atoms with E-state index in [0.29, 0.717) is 18.1 Å². The number of halogens is 2. The molecule has 0 fully saturated rings. The summed E-state index contributed by atoms with van der Waals surface area (Å²) in [6.45, 7) is 2.34. The first kappa shape index (κ1) is 13.6. The van der Waals surface area contributed by atoms with Gasteiger partial charge in [0.1, 0.15) is 12.4 Å². The van der Waals surface area contributed by atoms with Crippen molar-refractivity contribution in [3.8, 4) is 5.75 Å². The summed E-state index contributed by atoms with van der Waals surface area (Å²) in [5.41, 5.74) is 1.43. The molecule has 88 valence electrons. The quantitative estimate of drug-likeness (QED) is 0.474. The van der Waals surface area contributed by atoms with Gasteiger partial charge in [-0.25, -0.2) is 4.79 Å². The van der Waals surface area contributed by atoms with Crippen LogP contribution in [0.3, 0.4) is 0 Å². The van der Waals surface area contributed by atoms with E-state index in [2.05, 4.69) is 27.3 Å². The Morgan fingerprint density at radius 1 is 1.50 bits per heavy atom. The van der Waals surface area contributed by atoms with Crippen LogP contribution in [-0.2, 0) is 4.74 Å². The second kappa shape index (κ2) is 6.30. The van der Waals surface area contributed by atoms with Gasteiger partial charge in [-0.1, -0.05) is 0 Å². The first-order valence-electron chi connectivity index (χ1n) is 4.67. The highest BCUT2D eigenvalue weighted by atomic mass is 127. The lowest BCUT2D eigenvalue weighted by Gasteiger charge is -2.11. The Kier molecular flexibility index (Phi) is 5.34. The molecule has 1 aromatic carbocycles. The Balaban J connectivity index is 3.02. The molecule has 0 spiro atoms. The van der Waals surface area contributed by atoms with E-state index < -0.39 is 0 Å². The highest BCUT2D eigenvalue weighted by Crippen LogP contribution is 2.27. The fraction of sp³-hybridized carbons (Fsp3) is 0.364. The molecule has 0 heterocycles. The van der Waals surface area contributed by atoms with Crippen molar-refractivity contribution in [2.75, 3.05) is 19.6 Å². The maximum absolute atomic E-state index is 11.4. The van der Waals surface area contributed by atoms with Gasteiger partial charge in [-0.2, -0.15) is 0 Å². The molecule has 0 aliphatic heterocycles. The normalized spacial score (nSPS) is 10.0. The molecule has 0 radical (unpaired) electrons. The van der Waals surface area contributed by atoms with E-state index in [9.17, 15) is 4.79 Å². The third kappa shape index (κ3) is 3.25. The number of carbonyl (C=O) groups is 1. The summed E-state index contributed by atoms with van der Waals surface area (Å²) in [5, 5.41) is 0. The summed E-state index contributed by atoms with van der Waals surface area (Å²) in [6.07, 6.45) is 0. The van der Waals surface area contributed by atoms with E-state index in [1.165, 1.54) is 7.11 Å². The van der Waals surface area contributed by atoms with Gasteiger partial charge < -0.3 is 9.47 Å². The standard InChI is InChI=1S/C11H12ClIO3/c1-7-5-8(11(14)15-2)6-9(13)10(7)16-4-3-12/h5-6H,3-4H2,1-2H3. The van der Waals surface area contributed by atoms with Gasteiger partial charge in [0.25, 0.3) is 0 Å². The van der Waals surface area contributed by atoms with Crippen molar-refractivity contribution in [3.63, 3.8) is 0 Å². The molecule has 0 saturated carbocycles. The van der Waals surface area contributed by atoms with E-state index >= 15 is 0 Å². The fourth-order valence-electron chi connectivity index (χ4n) is 1.29. The summed E-state index contributed by atoms with van der Waals surface area (Å²) in [7, 11) is 1.36. The van der Waals surface area contributed by atoms with Gasteiger partial charge in [0.05, 0.1) is 22.1 Å². The fourth-order valence-corrected chi connectivity index (χ4v) is 2.28. The molecular weight excluding hydrogens is 342 g/mol. The second-order valence-electron chi connectivity index (χ2n) is 3.13. The van der Waals surface area contributed by atoms with Crippen LogP contribution in [-0.4, -0.2) is 25.6 Å². The van der Waals surface area contributed by atoms with E-state index in [1.807, 2.05) is 6.92 Å². The highest BCUT2D eigenvalue weighted by Gasteiger charge is 2.12. The summed E-state index contributed by atoms with van der Waals surface area (Å²) in [5.74, 6) is 0.868. The van der Waals surface area contributed by atoms with E-state index in [0.717, 1.165) is 14.9 Å². The molecule has 0 N–H and O–H groups in total. The predicted octanol–water partition coefficient (Wildman–Crippen LogP) is 3.00. The zero-order valence-electron chi connectivity index (χ0n) is 9.05.